The van der Waals surface area contributed by atoms with Crippen LogP contribution in [0.1, 0.15) is 24.2 Å². The van der Waals surface area contributed by atoms with E-state index in [1.165, 1.54) is 13.2 Å². The van der Waals surface area contributed by atoms with Crippen LogP contribution >= 0.6 is 0 Å². The van der Waals surface area contributed by atoms with Gasteiger partial charge < -0.3 is 13.9 Å². The summed E-state index contributed by atoms with van der Waals surface area (Å²) < 4.78 is 16.2. The fourth-order valence-electron chi connectivity index (χ4n) is 2.42. The molecule has 0 bridgehead atoms. The Kier molecular flexibility index (Phi) is 2.78. The minimum absolute atomic E-state index is 0.0826. The predicted molar refractivity (Wildman–Crippen MR) is 72.6 cm³/mol. The molecule has 3 rings (SSSR count). The number of hydrogen-bond donors (Lipinski definition) is 0. The molecule has 5 heteroatoms. The Morgan fingerprint density at radius 1 is 1.20 bits per heavy atom. The van der Waals surface area contributed by atoms with Crippen molar-refractivity contribution < 1.29 is 18.7 Å². The van der Waals surface area contributed by atoms with Gasteiger partial charge in [-0.3, -0.25) is 4.79 Å². The van der Waals surface area contributed by atoms with E-state index in [0.29, 0.717) is 22.4 Å². The van der Waals surface area contributed by atoms with Gasteiger partial charge in [0.25, 0.3) is 0 Å². The van der Waals surface area contributed by atoms with E-state index in [0.717, 1.165) is 0 Å². The summed E-state index contributed by atoms with van der Waals surface area (Å²) in [5.41, 5.74) is 0.0479. The quantitative estimate of drug-likeness (QED) is 0.747. The lowest BCUT2D eigenvalue weighted by Gasteiger charge is -2.28. The standard InChI is InChI=1S/C15H14O5/c1-7-8(2)19-11-6-10(18-3)9-4-5-12(16)20-15(9)13(11)14(7)17/h4-8H,1-3H3/t7-,8+/m0/s1. The minimum atomic E-state index is -0.507. The maximum Gasteiger partial charge on any atom is 0.336 e. The zero-order valence-corrected chi connectivity index (χ0v) is 11.4. The molecule has 0 spiro atoms. The van der Waals surface area contributed by atoms with Crippen LogP contribution in [0.4, 0.5) is 0 Å². The van der Waals surface area contributed by atoms with Gasteiger partial charge in [-0.15, -0.1) is 0 Å². The van der Waals surface area contributed by atoms with Crippen molar-refractivity contribution in [3.63, 3.8) is 0 Å². The predicted octanol–water partition coefficient (Wildman–Crippen LogP) is 2.40. The molecule has 2 aromatic rings. The highest BCUT2D eigenvalue weighted by Crippen LogP contribution is 2.40. The molecule has 0 unspecified atom stereocenters. The van der Waals surface area contributed by atoms with E-state index in [1.807, 2.05) is 6.92 Å². The molecular formula is C15H14O5. The molecule has 1 aliphatic heterocycles. The third-order valence-electron chi connectivity index (χ3n) is 3.73. The summed E-state index contributed by atoms with van der Waals surface area (Å²) in [5, 5.41) is 0.588. The van der Waals surface area contributed by atoms with E-state index in [4.69, 9.17) is 13.9 Å². The van der Waals surface area contributed by atoms with Crippen LogP contribution in [-0.4, -0.2) is 19.0 Å². The van der Waals surface area contributed by atoms with Crippen molar-refractivity contribution in [3.05, 3.63) is 34.2 Å². The Labute approximate surface area is 115 Å². The van der Waals surface area contributed by atoms with Gasteiger partial charge in [-0.1, -0.05) is 6.92 Å². The largest absolute Gasteiger partial charge is 0.496 e. The lowest BCUT2D eigenvalue weighted by Crippen LogP contribution is -2.33. The van der Waals surface area contributed by atoms with Gasteiger partial charge in [0.1, 0.15) is 23.2 Å². The first-order valence-electron chi connectivity index (χ1n) is 6.38. The van der Waals surface area contributed by atoms with E-state index in [2.05, 4.69) is 0 Å². The van der Waals surface area contributed by atoms with Crippen molar-refractivity contribution >= 4 is 16.8 Å². The van der Waals surface area contributed by atoms with Crippen LogP contribution in [0.5, 0.6) is 11.5 Å². The monoisotopic (exact) mass is 274 g/mol. The number of methoxy groups -OCH3 is 1. The third-order valence-corrected chi connectivity index (χ3v) is 3.73. The fraction of sp³-hybridized carbons (Fsp3) is 0.333. The van der Waals surface area contributed by atoms with Gasteiger partial charge in [0.05, 0.1) is 18.4 Å². The Hall–Kier alpha value is -2.30. The average molecular weight is 274 g/mol. The van der Waals surface area contributed by atoms with Gasteiger partial charge in [-0.05, 0) is 13.0 Å². The minimum Gasteiger partial charge on any atom is -0.496 e. The molecule has 1 aliphatic rings. The summed E-state index contributed by atoms with van der Waals surface area (Å²) in [4.78, 5) is 23.9. The number of ether oxygens (including phenoxy) is 2. The van der Waals surface area contributed by atoms with Gasteiger partial charge in [-0.25, -0.2) is 4.79 Å². The zero-order chi connectivity index (χ0) is 14.4. The van der Waals surface area contributed by atoms with Crippen LogP contribution in [-0.2, 0) is 0 Å². The van der Waals surface area contributed by atoms with Crippen molar-refractivity contribution in [1.29, 1.82) is 0 Å². The van der Waals surface area contributed by atoms with Crippen molar-refractivity contribution in [2.75, 3.05) is 7.11 Å². The second-order valence-electron chi connectivity index (χ2n) is 4.93. The van der Waals surface area contributed by atoms with Crippen molar-refractivity contribution in [2.45, 2.75) is 20.0 Å². The lowest BCUT2D eigenvalue weighted by atomic mass is 9.90. The summed E-state index contributed by atoms with van der Waals surface area (Å²) in [6, 6.07) is 4.56. The molecule has 1 aromatic carbocycles. The molecule has 2 heterocycles. The van der Waals surface area contributed by atoms with E-state index in [1.54, 1.807) is 19.1 Å². The van der Waals surface area contributed by atoms with E-state index in [9.17, 15) is 9.59 Å². The van der Waals surface area contributed by atoms with Crippen LogP contribution in [0.2, 0.25) is 0 Å². The van der Waals surface area contributed by atoms with E-state index in [-0.39, 0.29) is 23.4 Å². The molecule has 1 aromatic heterocycles. The van der Waals surface area contributed by atoms with Gasteiger partial charge in [-0.2, -0.15) is 0 Å². The Morgan fingerprint density at radius 3 is 2.65 bits per heavy atom. The molecule has 5 nitrogen and oxygen atoms in total. The Morgan fingerprint density at radius 2 is 1.95 bits per heavy atom. The lowest BCUT2D eigenvalue weighted by molar-refractivity contribution is 0.0731. The van der Waals surface area contributed by atoms with E-state index >= 15 is 0 Å². The van der Waals surface area contributed by atoms with Gasteiger partial charge in [0, 0.05) is 12.1 Å². The number of carbonyl (C=O) groups is 1. The van der Waals surface area contributed by atoms with Crippen molar-refractivity contribution in [2.24, 2.45) is 5.92 Å². The maximum absolute atomic E-state index is 12.5. The molecule has 0 aliphatic carbocycles. The summed E-state index contributed by atoms with van der Waals surface area (Å²) in [6.07, 6.45) is -0.229. The number of benzene rings is 1. The molecule has 0 N–H and O–H groups in total. The Balaban J connectivity index is 2.42. The first-order chi connectivity index (χ1) is 9.52. The normalized spacial score (nSPS) is 21.4. The van der Waals surface area contributed by atoms with Crippen LogP contribution in [0, 0.1) is 5.92 Å². The maximum atomic E-state index is 12.5. The summed E-state index contributed by atoms with van der Waals surface area (Å²) >= 11 is 0. The van der Waals surface area contributed by atoms with Crippen molar-refractivity contribution in [3.8, 4) is 11.5 Å². The molecular weight excluding hydrogens is 260 g/mol. The zero-order valence-electron chi connectivity index (χ0n) is 11.4. The number of fused-ring (bicyclic) bond motifs is 3. The van der Waals surface area contributed by atoms with Crippen LogP contribution in [0.15, 0.2) is 27.4 Å². The highest BCUT2D eigenvalue weighted by atomic mass is 16.5. The van der Waals surface area contributed by atoms with E-state index < -0.39 is 5.63 Å². The SMILES string of the molecule is COc1cc2c(c3oc(=O)ccc13)C(=O)[C@@H](C)[C@@H](C)O2. The molecule has 0 fully saturated rings. The van der Waals surface area contributed by atoms with Crippen LogP contribution in [0.3, 0.4) is 0 Å². The van der Waals surface area contributed by atoms with Crippen LogP contribution < -0.4 is 15.1 Å². The second-order valence-corrected chi connectivity index (χ2v) is 4.93. The number of rotatable bonds is 1. The molecule has 0 amide bonds. The molecule has 104 valence electrons. The van der Waals surface area contributed by atoms with Gasteiger partial charge in [0.15, 0.2) is 11.4 Å². The second kappa shape index (κ2) is 4.37. The molecule has 20 heavy (non-hydrogen) atoms. The van der Waals surface area contributed by atoms with Gasteiger partial charge in [0.2, 0.25) is 0 Å². The number of ketones is 1. The van der Waals surface area contributed by atoms with Gasteiger partial charge >= 0.3 is 5.63 Å². The summed E-state index contributed by atoms with van der Waals surface area (Å²) in [7, 11) is 1.52. The third kappa shape index (κ3) is 1.70. The smallest absolute Gasteiger partial charge is 0.336 e. The van der Waals surface area contributed by atoms with Crippen LogP contribution in [0.25, 0.3) is 11.0 Å². The summed E-state index contributed by atoms with van der Waals surface area (Å²) in [6.45, 7) is 3.64. The first kappa shape index (κ1) is 12.7. The average Bonchev–Trinajstić information content (AvgIpc) is 2.43. The molecule has 0 radical (unpaired) electrons. The highest BCUT2D eigenvalue weighted by molar-refractivity contribution is 6.11. The number of Topliss-reactive ketones (excluding diaryl/α,β-unsaturated/α-hetero) is 1. The highest BCUT2D eigenvalue weighted by Gasteiger charge is 2.34. The first-order valence-corrected chi connectivity index (χ1v) is 6.38. The molecule has 2 atom stereocenters. The van der Waals surface area contributed by atoms with Crippen molar-refractivity contribution in [1.82, 2.24) is 0 Å². The molecule has 0 saturated heterocycles. The number of carbonyl (C=O) groups excluding carboxylic acids is 1. The Bertz CT molecular complexity index is 759. The molecule has 0 saturated carbocycles. The number of hydrogen-bond acceptors (Lipinski definition) is 5. The topological polar surface area (TPSA) is 65.7 Å². The summed E-state index contributed by atoms with van der Waals surface area (Å²) in [5.74, 6) is 0.543. The fourth-order valence-corrected chi connectivity index (χ4v) is 2.42.